The van der Waals surface area contributed by atoms with Crippen molar-refractivity contribution in [1.82, 2.24) is 14.8 Å². The Morgan fingerprint density at radius 3 is 2.54 bits per heavy atom. The molecule has 2 amide bonds. The van der Waals surface area contributed by atoms with Crippen molar-refractivity contribution in [3.05, 3.63) is 97.7 Å². The number of aromatic nitrogens is 1. The number of pyridine rings is 1. The molecule has 9 nitrogen and oxygen atoms in total. The third-order valence-electron chi connectivity index (χ3n) is 7.69. The van der Waals surface area contributed by atoms with Gasteiger partial charge in [-0.3, -0.25) is 14.4 Å². The van der Waals surface area contributed by atoms with Gasteiger partial charge in [-0.1, -0.05) is 41.4 Å². The Labute approximate surface area is 240 Å². The van der Waals surface area contributed by atoms with Crippen LogP contribution in [0.2, 0.25) is 5.02 Å². The number of ether oxygens (including phenoxy) is 2. The van der Waals surface area contributed by atoms with Crippen molar-refractivity contribution in [2.75, 3.05) is 27.3 Å². The van der Waals surface area contributed by atoms with E-state index in [-0.39, 0.29) is 39.9 Å². The minimum Gasteiger partial charge on any atom is -0.416 e. The van der Waals surface area contributed by atoms with Crippen molar-refractivity contribution in [2.45, 2.75) is 31.8 Å². The summed E-state index contributed by atoms with van der Waals surface area (Å²) in [5, 5.41) is 2.45. The molecule has 214 valence electrons. The van der Waals surface area contributed by atoms with Crippen LogP contribution in [-0.4, -0.2) is 54.6 Å². The number of aryl methyl sites for hydroxylation is 1. The quantitative estimate of drug-likeness (QED) is 0.424. The highest BCUT2D eigenvalue weighted by molar-refractivity contribution is 6.30. The van der Waals surface area contributed by atoms with E-state index in [0.29, 0.717) is 26.0 Å². The lowest BCUT2D eigenvalue weighted by atomic mass is 9.67. The molecule has 3 aromatic rings. The zero-order chi connectivity index (χ0) is 29.5. The first kappa shape index (κ1) is 28.5. The van der Waals surface area contributed by atoms with Crippen LogP contribution in [0.3, 0.4) is 0 Å². The predicted molar refractivity (Wildman–Crippen MR) is 149 cm³/mol. The minimum atomic E-state index is -0.924. The van der Waals surface area contributed by atoms with E-state index >= 15 is 0 Å². The third-order valence-corrected chi connectivity index (χ3v) is 7.99. The number of benzene rings is 2. The number of hydrogen-bond acceptors (Lipinski definition) is 6. The minimum absolute atomic E-state index is 0.0995. The summed E-state index contributed by atoms with van der Waals surface area (Å²) < 4.78 is 27.0. The Morgan fingerprint density at radius 2 is 1.85 bits per heavy atom. The third kappa shape index (κ3) is 5.25. The molecule has 0 radical (unpaired) electrons. The molecule has 0 unspecified atom stereocenters. The lowest BCUT2D eigenvalue weighted by molar-refractivity contribution is -0.0190. The van der Waals surface area contributed by atoms with Gasteiger partial charge in [0, 0.05) is 45.6 Å². The van der Waals surface area contributed by atoms with Crippen LogP contribution in [0.5, 0.6) is 5.75 Å². The summed E-state index contributed by atoms with van der Waals surface area (Å²) >= 11 is 5.86. The topological polar surface area (TPSA) is 107 Å². The molecule has 1 N–H and O–H groups in total. The first-order valence-corrected chi connectivity index (χ1v) is 13.5. The van der Waals surface area contributed by atoms with Crippen LogP contribution < -0.4 is 15.5 Å². The van der Waals surface area contributed by atoms with Gasteiger partial charge in [0.15, 0.2) is 5.69 Å². The smallest absolute Gasteiger partial charge is 0.343 e. The van der Waals surface area contributed by atoms with E-state index in [2.05, 4.69) is 5.32 Å². The summed E-state index contributed by atoms with van der Waals surface area (Å²) in [5.74, 6) is -3.17. The summed E-state index contributed by atoms with van der Waals surface area (Å²) in [6.45, 7) is 2.47. The van der Waals surface area contributed by atoms with Crippen LogP contribution in [0.25, 0.3) is 0 Å². The van der Waals surface area contributed by atoms with Crippen LogP contribution in [0, 0.1) is 18.7 Å². The van der Waals surface area contributed by atoms with Crippen molar-refractivity contribution >= 4 is 29.4 Å². The van der Waals surface area contributed by atoms with E-state index in [0.717, 1.165) is 5.56 Å². The van der Waals surface area contributed by atoms with Gasteiger partial charge in [0.1, 0.15) is 11.4 Å². The number of carbonyl (C=O) groups is 3. The van der Waals surface area contributed by atoms with Crippen LogP contribution >= 0.6 is 11.6 Å². The van der Waals surface area contributed by atoms with E-state index in [1.807, 2.05) is 6.92 Å². The average molecular weight is 582 g/mol. The molecule has 5 rings (SSSR count). The van der Waals surface area contributed by atoms with E-state index in [9.17, 15) is 23.6 Å². The second-order valence-corrected chi connectivity index (χ2v) is 11.1. The second kappa shape index (κ2) is 11.1. The summed E-state index contributed by atoms with van der Waals surface area (Å²) in [4.78, 5) is 55.2. The van der Waals surface area contributed by atoms with Gasteiger partial charge in [0.2, 0.25) is 11.2 Å². The Balaban J connectivity index is 1.58. The van der Waals surface area contributed by atoms with Crippen molar-refractivity contribution in [3.63, 3.8) is 0 Å². The van der Waals surface area contributed by atoms with Crippen LogP contribution in [0.15, 0.2) is 53.5 Å². The highest BCUT2D eigenvalue weighted by atomic mass is 35.5. The fourth-order valence-corrected chi connectivity index (χ4v) is 5.88. The molecular formula is C30H29ClFN3O6. The van der Waals surface area contributed by atoms with Gasteiger partial charge < -0.3 is 24.3 Å². The maximum atomic E-state index is 14.4. The molecule has 2 aromatic carbocycles. The van der Waals surface area contributed by atoms with E-state index in [1.54, 1.807) is 49.1 Å². The number of hydrogen-bond donors (Lipinski definition) is 1. The molecule has 41 heavy (non-hydrogen) atoms. The molecule has 0 bridgehead atoms. The van der Waals surface area contributed by atoms with E-state index in [4.69, 9.17) is 21.1 Å². The van der Waals surface area contributed by atoms with Gasteiger partial charge in [-0.15, -0.1) is 0 Å². The van der Waals surface area contributed by atoms with Crippen molar-refractivity contribution in [3.8, 4) is 5.75 Å². The number of fused-ring (bicyclic) bond motifs is 2. The van der Waals surface area contributed by atoms with Gasteiger partial charge in [-0.05, 0) is 43.9 Å². The normalized spacial score (nSPS) is 19.5. The fourth-order valence-electron chi connectivity index (χ4n) is 5.68. The largest absolute Gasteiger partial charge is 0.416 e. The monoisotopic (exact) mass is 581 g/mol. The number of carbonyl (C=O) groups excluding carboxylic acids is 3. The molecule has 1 fully saturated rings. The zero-order valence-electron chi connectivity index (χ0n) is 22.8. The molecule has 1 aliphatic heterocycles. The summed E-state index contributed by atoms with van der Waals surface area (Å²) in [7, 11) is 3.23. The molecule has 2 heterocycles. The average Bonchev–Trinajstić information content (AvgIpc) is 2.92. The number of esters is 1. The van der Waals surface area contributed by atoms with Gasteiger partial charge in [-0.25, -0.2) is 9.18 Å². The van der Waals surface area contributed by atoms with Gasteiger partial charge in [0.25, 0.3) is 11.8 Å². The van der Waals surface area contributed by atoms with Gasteiger partial charge in [0.05, 0.1) is 16.1 Å². The molecule has 2 aliphatic rings. The first-order valence-electron chi connectivity index (χ1n) is 13.1. The summed E-state index contributed by atoms with van der Waals surface area (Å²) in [5.41, 5.74) is -0.767. The fraction of sp³-hybridized carbons (Fsp3) is 0.333. The molecule has 1 aromatic heterocycles. The molecule has 0 saturated heterocycles. The SMILES string of the molecule is COCC1CC2(C1)CN(C)C(=O)c1c(OC(=O)c3ccc(C)cc3)c(=O)c(C(=O)NCc3cccc(Cl)c3F)cn12. The molecule has 1 aliphatic carbocycles. The standard InChI is InChI=1S/C30H29ClFN3O6/c1-17-7-9-19(10-8-17)29(39)41-26-24-28(38)34(2)16-30(11-18(12-30)15-40-3)35(24)14-21(25(26)36)27(37)33-13-20-5-4-6-22(31)23(20)32/h4-10,14,18H,11-13,15-16H2,1-3H3,(H,33,37). The van der Waals surface area contributed by atoms with Gasteiger partial charge >= 0.3 is 5.97 Å². The highest BCUT2D eigenvalue weighted by Gasteiger charge is 2.52. The number of methoxy groups -OCH3 is 1. The summed E-state index contributed by atoms with van der Waals surface area (Å²) in [6, 6.07) is 10.9. The number of amides is 2. The molecule has 11 heteroatoms. The Bertz CT molecular complexity index is 1600. The Hall–Kier alpha value is -4.02. The lowest BCUT2D eigenvalue weighted by Gasteiger charge is -2.54. The summed E-state index contributed by atoms with van der Waals surface area (Å²) in [6.07, 6.45) is 2.58. The molecule has 1 spiro atoms. The maximum absolute atomic E-state index is 14.4. The number of halogens is 2. The Kier molecular flexibility index (Phi) is 7.72. The van der Waals surface area contributed by atoms with E-state index < -0.39 is 40.3 Å². The number of nitrogens with zero attached hydrogens (tertiary/aromatic N) is 2. The second-order valence-electron chi connectivity index (χ2n) is 10.7. The number of nitrogens with one attached hydrogen (secondary N) is 1. The van der Waals surface area contributed by atoms with Gasteiger partial charge in [-0.2, -0.15) is 0 Å². The van der Waals surface area contributed by atoms with Crippen molar-refractivity contribution in [1.29, 1.82) is 0 Å². The zero-order valence-corrected chi connectivity index (χ0v) is 23.6. The van der Waals surface area contributed by atoms with Crippen LogP contribution in [0.1, 0.15) is 55.2 Å². The number of likely N-dealkylation sites (N-methyl/N-ethyl adjacent to an activating group) is 1. The number of rotatable bonds is 7. The predicted octanol–water partition coefficient (Wildman–Crippen LogP) is 3.94. The first-order chi connectivity index (χ1) is 19.5. The lowest BCUT2D eigenvalue weighted by Crippen LogP contribution is -2.60. The van der Waals surface area contributed by atoms with E-state index in [1.165, 1.54) is 23.2 Å². The van der Waals surface area contributed by atoms with Crippen molar-refractivity contribution < 1.29 is 28.2 Å². The highest BCUT2D eigenvalue weighted by Crippen LogP contribution is 2.48. The van der Waals surface area contributed by atoms with Crippen LogP contribution in [0.4, 0.5) is 4.39 Å². The molecule has 1 saturated carbocycles. The van der Waals surface area contributed by atoms with Crippen molar-refractivity contribution in [2.24, 2.45) is 5.92 Å². The maximum Gasteiger partial charge on any atom is 0.343 e. The Morgan fingerprint density at radius 1 is 1.15 bits per heavy atom. The van der Waals surface area contributed by atoms with Crippen LogP contribution in [-0.2, 0) is 16.8 Å². The molecule has 0 atom stereocenters. The molecular weight excluding hydrogens is 553 g/mol.